The summed E-state index contributed by atoms with van der Waals surface area (Å²) in [6.07, 6.45) is 2.58. The molecule has 1 aromatic heterocycles. The van der Waals surface area contributed by atoms with Crippen molar-refractivity contribution in [3.63, 3.8) is 0 Å². The molecular formula is C24H25ClFN3O2S. The summed E-state index contributed by atoms with van der Waals surface area (Å²) in [5.74, 6) is 0.197. The summed E-state index contributed by atoms with van der Waals surface area (Å²) in [5.41, 5.74) is 3.55. The second kappa shape index (κ2) is 10.7. The number of anilines is 1. The number of carbonyl (C=O) groups is 1. The molecule has 3 rings (SSSR count). The average molecular weight is 474 g/mol. The number of hydrogen-bond acceptors (Lipinski definition) is 6. The van der Waals surface area contributed by atoms with E-state index >= 15 is 0 Å². The van der Waals surface area contributed by atoms with Crippen molar-refractivity contribution in [1.82, 2.24) is 10.2 Å². The van der Waals surface area contributed by atoms with Crippen LogP contribution in [0.3, 0.4) is 0 Å². The van der Waals surface area contributed by atoms with Gasteiger partial charge in [0.25, 0.3) is 0 Å². The molecule has 0 amide bonds. The largest absolute Gasteiger partial charge is 0.486 e. The zero-order chi connectivity index (χ0) is 23.3. The van der Waals surface area contributed by atoms with Crippen LogP contribution in [0.25, 0.3) is 16.3 Å². The van der Waals surface area contributed by atoms with Gasteiger partial charge in [-0.25, -0.2) is 4.39 Å². The highest BCUT2D eigenvalue weighted by molar-refractivity contribution is 7.18. The molecule has 1 heterocycles. The average Bonchev–Trinajstić information content (AvgIpc) is 3.25. The van der Waals surface area contributed by atoms with Crippen molar-refractivity contribution < 1.29 is 13.9 Å². The van der Waals surface area contributed by atoms with Gasteiger partial charge in [0.2, 0.25) is 5.13 Å². The molecular weight excluding hydrogens is 449 g/mol. The summed E-state index contributed by atoms with van der Waals surface area (Å²) >= 11 is 7.39. The number of unbranched alkanes of at least 4 members (excludes halogenated alkanes) is 1. The van der Waals surface area contributed by atoms with E-state index in [1.165, 1.54) is 17.4 Å². The van der Waals surface area contributed by atoms with Crippen LogP contribution in [0.2, 0.25) is 5.02 Å². The Kier molecular flexibility index (Phi) is 7.99. The SMILES string of the molecule is C=C(c1cccc(Cl)c1F)N(CCCC)c1nnc(-c2cc(C)c(OCC=O)c(C)c2)s1. The minimum atomic E-state index is -0.498. The molecule has 168 valence electrons. The maximum atomic E-state index is 14.6. The summed E-state index contributed by atoms with van der Waals surface area (Å²) in [6, 6.07) is 8.79. The Balaban J connectivity index is 1.95. The lowest BCUT2D eigenvalue weighted by atomic mass is 10.1. The third-order valence-corrected chi connectivity index (χ3v) is 6.26. The highest BCUT2D eigenvalue weighted by Gasteiger charge is 2.21. The van der Waals surface area contributed by atoms with Gasteiger partial charge in [-0.05, 0) is 55.7 Å². The van der Waals surface area contributed by atoms with Crippen LogP contribution >= 0.6 is 22.9 Å². The van der Waals surface area contributed by atoms with E-state index in [0.717, 1.165) is 40.8 Å². The molecule has 0 N–H and O–H groups in total. The molecule has 5 nitrogen and oxygen atoms in total. The third-order valence-electron chi connectivity index (χ3n) is 4.97. The minimum Gasteiger partial charge on any atom is -0.486 e. The predicted octanol–water partition coefficient (Wildman–Crippen LogP) is 6.47. The molecule has 2 aromatic carbocycles. The Bertz CT molecular complexity index is 1110. The van der Waals surface area contributed by atoms with E-state index in [1.807, 2.05) is 30.9 Å². The smallest absolute Gasteiger partial charge is 0.213 e. The number of benzene rings is 2. The number of hydrogen-bond donors (Lipinski definition) is 0. The Labute approximate surface area is 196 Å². The normalized spacial score (nSPS) is 10.8. The first-order valence-electron chi connectivity index (χ1n) is 10.3. The van der Waals surface area contributed by atoms with Crippen molar-refractivity contribution in [3.8, 4) is 16.3 Å². The fourth-order valence-electron chi connectivity index (χ4n) is 3.39. The van der Waals surface area contributed by atoms with E-state index in [1.54, 1.807) is 12.1 Å². The first kappa shape index (κ1) is 23.9. The molecule has 0 unspecified atom stereocenters. The van der Waals surface area contributed by atoms with Crippen LogP contribution in [0.4, 0.5) is 9.52 Å². The molecule has 8 heteroatoms. The molecule has 0 aliphatic carbocycles. The summed E-state index contributed by atoms with van der Waals surface area (Å²) in [5, 5.41) is 10.2. The summed E-state index contributed by atoms with van der Waals surface area (Å²) in [6.45, 7) is 10.7. The Morgan fingerprint density at radius 1 is 1.28 bits per heavy atom. The molecule has 0 aliphatic heterocycles. The van der Waals surface area contributed by atoms with Crippen molar-refractivity contribution in [2.45, 2.75) is 33.6 Å². The molecule has 0 spiro atoms. The molecule has 0 radical (unpaired) electrons. The topological polar surface area (TPSA) is 55.3 Å². The van der Waals surface area contributed by atoms with Gasteiger partial charge in [0.1, 0.15) is 17.4 Å². The van der Waals surface area contributed by atoms with Gasteiger partial charge in [-0.3, -0.25) is 4.79 Å². The fraction of sp³-hybridized carbons (Fsp3) is 0.292. The monoisotopic (exact) mass is 473 g/mol. The molecule has 0 bridgehead atoms. The van der Waals surface area contributed by atoms with Gasteiger partial charge in [-0.15, -0.1) is 10.2 Å². The number of aromatic nitrogens is 2. The number of ether oxygens (including phenoxy) is 1. The van der Waals surface area contributed by atoms with Crippen LogP contribution in [0, 0.1) is 19.7 Å². The van der Waals surface area contributed by atoms with Crippen LogP contribution < -0.4 is 9.64 Å². The summed E-state index contributed by atoms with van der Waals surface area (Å²) in [4.78, 5) is 12.5. The lowest BCUT2D eigenvalue weighted by Crippen LogP contribution is -2.22. The maximum absolute atomic E-state index is 14.6. The van der Waals surface area contributed by atoms with Gasteiger partial charge in [-0.2, -0.15) is 0 Å². The van der Waals surface area contributed by atoms with Gasteiger partial charge >= 0.3 is 0 Å². The molecule has 3 aromatic rings. The standard InChI is InChI=1S/C24H25ClFN3O2S/c1-5-6-10-29(17(4)19-8-7-9-20(25)21(19)26)24-28-27-23(32-24)18-13-15(2)22(16(3)14-18)31-12-11-30/h7-9,11,13-14H,4-6,10,12H2,1-3H3. The zero-order valence-electron chi connectivity index (χ0n) is 18.3. The summed E-state index contributed by atoms with van der Waals surface area (Å²) in [7, 11) is 0. The second-order valence-corrected chi connectivity index (χ2v) is 8.72. The van der Waals surface area contributed by atoms with Crippen molar-refractivity contribution in [3.05, 3.63) is 64.4 Å². The predicted molar refractivity (Wildman–Crippen MR) is 129 cm³/mol. The van der Waals surface area contributed by atoms with Crippen LogP contribution in [0.1, 0.15) is 36.5 Å². The Morgan fingerprint density at radius 2 is 2.00 bits per heavy atom. The second-order valence-electron chi connectivity index (χ2n) is 7.36. The summed E-state index contributed by atoms with van der Waals surface area (Å²) < 4.78 is 20.2. The lowest BCUT2D eigenvalue weighted by molar-refractivity contribution is -0.109. The van der Waals surface area contributed by atoms with E-state index < -0.39 is 5.82 Å². The van der Waals surface area contributed by atoms with E-state index in [-0.39, 0.29) is 11.6 Å². The minimum absolute atomic E-state index is 0.0124. The Morgan fingerprint density at radius 3 is 2.66 bits per heavy atom. The molecule has 0 fully saturated rings. The highest BCUT2D eigenvalue weighted by atomic mass is 35.5. The van der Waals surface area contributed by atoms with E-state index in [2.05, 4.69) is 23.7 Å². The van der Waals surface area contributed by atoms with E-state index in [9.17, 15) is 9.18 Å². The number of rotatable bonds is 10. The molecule has 0 aliphatic rings. The first-order chi connectivity index (χ1) is 15.4. The van der Waals surface area contributed by atoms with Gasteiger partial charge in [0.15, 0.2) is 12.1 Å². The van der Waals surface area contributed by atoms with Crippen molar-refractivity contribution in [2.75, 3.05) is 18.1 Å². The maximum Gasteiger partial charge on any atom is 0.213 e. The quantitative estimate of drug-likeness (QED) is 0.316. The molecule has 0 saturated carbocycles. The van der Waals surface area contributed by atoms with E-state index in [0.29, 0.717) is 28.7 Å². The molecule has 0 saturated heterocycles. The van der Waals surface area contributed by atoms with Crippen LogP contribution in [0.15, 0.2) is 36.9 Å². The van der Waals surface area contributed by atoms with Crippen molar-refractivity contribution in [1.29, 1.82) is 0 Å². The van der Waals surface area contributed by atoms with Crippen LogP contribution in [0.5, 0.6) is 5.75 Å². The van der Waals surface area contributed by atoms with Gasteiger partial charge in [-0.1, -0.05) is 48.9 Å². The van der Waals surface area contributed by atoms with E-state index in [4.69, 9.17) is 16.3 Å². The number of nitrogens with zero attached hydrogens (tertiary/aromatic N) is 3. The third kappa shape index (κ3) is 5.16. The van der Waals surface area contributed by atoms with Crippen LogP contribution in [-0.2, 0) is 4.79 Å². The fourth-order valence-corrected chi connectivity index (χ4v) is 4.45. The van der Waals surface area contributed by atoms with Gasteiger partial charge in [0.05, 0.1) is 5.02 Å². The first-order valence-corrected chi connectivity index (χ1v) is 11.5. The van der Waals surface area contributed by atoms with Crippen molar-refractivity contribution in [2.24, 2.45) is 0 Å². The lowest BCUT2D eigenvalue weighted by Gasteiger charge is -2.24. The van der Waals surface area contributed by atoms with Crippen molar-refractivity contribution >= 4 is 40.1 Å². The zero-order valence-corrected chi connectivity index (χ0v) is 19.9. The number of aryl methyl sites for hydroxylation is 2. The van der Waals surface area contributed by atoms with Gasteiger partial charge in [0, 0.05) is 23.4 Å². The molecule has 0 atom stereocenters. The van der Waals surface area contributed by atoms with Crippen LogP contribution in [-0.4, -0.2) is 29.6 Å². The van der Waals surface area contributed by atoms with Gasteiger partial charge < -0.3 is 9.64 Å². The number of aldehydes is 1. The highest BCUT2D eigenvalue weighted by Crippen LogP contribution is 2.36. The molecule has 32 heavy (non-hydrogen) atoms. The Hall–Kier alpha value is -2.77. The number of carbonyl (C=O) groups excluding carboxylic acids is 1. The number of halogens is 2.